The Morgan fingerprint density at radius 2 is 2.18 bits per heavy atom. The summed E-state index contributed by atoms with van der Waals surface area (Å²) in [5, 5.41) is 11.1. The molecule has 7 heteroatoms. The van der Waals surface area contributed by atoms with Gasteiger partial charge in [0.15, 0.2) is 0 Å². The molecule has 0 radical (unpaired) electrons. The Bertz CT molecular complexity index is 978. The van der Waals surface area contributed by atoms with Crippen molar-refractivity contribution in [3.8, 4) is 5.88 Å². The summed E-state index contributed by atoms with van der Waals surface area (Å²) in [6, 6.07) is 8.33. The lowest BCUT2D eigenvalue weighted by Crippen LogP contribution is -2.33. The molecule has 146 valence electrons. The van der Waals surface area contributed by atoms with Crippen LogP contribution < -0.4 is 15.4 Å². The van der Waals surface area contributed by atoms with Crippen molar-refractivity contribution in [2.75, 3.05) is 25.0 Å². The van der Waals surface area contributed by atoms with Crippen molar-refractivity contribution < 1.29 is 9.13 Å². The molecule has 1 saturated carbocycles. The number of ether oxygens (including phenoxy) is 1. The highest BCUT2D eigenvalue weighted by Gasteiger charge is 2.28. The lowest BCUT2D eigenvalue weighted by Gasteiger charge is -2.22. The third-order valence-electron chi connectivity index (χ3n) is 5.48. The minimum absolute atomic E-state index is 0.294. The SMILES string of the molecule is Fc1cccc(Nc2nc(OC[C@H]3CCCNC3)cc3c(C4CC4)cnn23)c1. The van der Waals surface area contributed by atoms with Crippen LogP contribution in [0.25, 0.3) is 5.52 Å². The highest BCUT2D eigenvalue weighted by Crippen LogP contribution is 2.42. The first-order valence-electron chi connectivity index (χ1n) is 10.0. The van der Waals surface area contributed by atoms with Gasteiger partial charge in [-0.2, -0.15) is 14.6 Å². The van der Waals surface area contributed by atoms with Crippen molar-refractivity contribution in [3.63, 3.8) is 0 Å². The van der Waals surface area contributed by atoms with Gasteiger partial charge >= 0.3 is 0 Å². The van der Waals surface area contributed by atoms with E-state index in [1.807, 2.05) is 18.3 Å². The van der Waals surface area contributed by atoms with Gasteiger partial charge in [-0.1, -0.05) is 6.07 Å². The number of hydrogen-bond acceptors (Lipinski definition) is 5. The first kappa shape index (κ1) is 17.4. The van der Waals surface area contributed by atoms with Crippen LogP contribution in [0.4, 0.5) is 16.0 Å². The normalized spacial score (nSPS) is 19.7. The Labute approximate surface area is 163 Å². The van der Waals surface area contributed by atoms with Gasteiger partial charge in [0, 0.05) is 29.8 Å². The summed E-state index contributed by atoms with van der Waals surface area (Å²) in [4.78, 5) is 4.63. The molecule has 0 unspecified atom stereocenters. The number of rotatable bonds is 6. The highest BCUT2D eigenvalue weighted by atomic mass is 19.1. The van der Waals surface area contributed by atoms with E-state index in [4.69, 9.17) is 4.74 Å². The van der Waals surface area contributed by atoms with E-state index >= 15 is 0 Å². The zero-order chi connectivity index (χ0) is 18.9. The molecule has 1 saturated heterocycles. The summed E-state index contributed by atoms with van der Waals surface area (Å²) in [5.74, 6) is 1.89. The van der Waals surface area contributed by atoms with E-state index in [-0.39, 0.29) is 5.82 Å². The van der Waals surface area contributed by atoms with Gasteiger partial charge in [0.1, 0.15) is 5.82 Å². The average Bonchev–Trinajstić information content (AvgIpc) is 3.46. The predicted octanol–water partition coefficient (Wildman–Crippen LogP) is 3.87. The van der Waals surface area contributed by atoms with Crippen LogP contribution in [0, 0.1) is 11.7 Å². The summed E-state index contributed by atoms with van der Waals surface area (Å²) in [5.41, 5.74) is 2.87. The molecule has 0 amide bonds. The van der Waals surface area contributed by atoms with Crippen molar-refractivity contribution >= 4 is 17.2 Å². The molecule has 1 aromatic carbocycles. The van der Waals surface area contributed by atoms with Crippen LogP contribution >= 0.6 is 0 Å². The van der Waals surface area contributed by atoms with Gasteiger partial charge in [0.05, 0.1) is 18.3 Å². The maximum Gasteiger partial charge on any atom is 0.232 e. The standard InChI is InChI=1S/C21H24FN5O/c22-16-4-1-5-17(9-16)25-21-26-20(28-13-14-3-2-8-23-11-14)10-19-18(15-6-7-15)12-24-27(19)21/h1,4-5,9-10,12,14-15,23H,2-3,6-8,11,13H2,(H,25,26)/t14-/m0/s1. The number of piperidine rings is 1. The molecule has 5 rings (SSSR count). The van der Waals surface area contributed by atoms with Crippen LogP contribution in [0.5, 0.6) is 5.88 Å². The molecule has 2 aliphatic rings. The highest BCUT2D eigenvalue weighted by molar-refractivity contribution is 5.64. The molecule has 28 heavy (non-hydrogen) atoms. The number of aromatic nitrogens is 3. The summed E-state index contributed by atoms with van der Waals surface area (Å²) in [6.07, 6.45) is 6.66. The van der Waals surface area contributed by atoms with Crippen molar-refractivity contribution in [2.45, 2.75) is 31.6 Å². The van der Waals surface area contributed by atoms with Crippen LogP contribution in [0.1, 0.15) is 37.2 Å². The Morgan fingerprint density at radius 1 is 1.25 bits per heavy atom. The molecule has 2 fully saturated rings. The molecule has 3 heterocycles. The third-order valence-corrected chi connectivity index (χ3v) is 5.48. The number of hydrogen-bond donors (Lipinski definition) is 2. The second-order valence-corrected chi connectivity index (χ2v) is 7.75. The topological polar surface area (TPSA) is 63.5 Å². The number of fused-ring (bicyclic) bond motifs is 1. The number of benzene rings is 1. The minimum atomic E-state index is -0.294. The van der Waals surface area contributed by atoms with E-state index in [1.165, 1.54) is 43.4 Å². The Balaban J connectivity index is 1.46. The molecule has 3 aromatic rings. The second kappa shape index (κ2) is 7.39. The van der Waals surface area contributed by atoms with Gasteiger partial charge in [-0.25, -0.2) is 4.39 Å². The maximum atomic E-state index is 13.6. The predicted molar refractivity (Wildman–Crippen MR) is 106 cm³/mol. The smallest absolute Gasteiger partial charge is 0.232 e. The van der Waals surface area contributed by atoms with E-state index in [2.05, 4.69) is 20.7 Å². The van der Waals surface area contributed by atoms with Gasteiger partial charge in [-0.3, -0.25) is 0 Å². The van der Waals surface area contributed by atoms with Crippen LogP contribution in [0.15, 0.2) is 36.5 Å². The lowest BCUT2D eigenvalue weighted by molar-refractivity contribution is 0.212. The first-order valence-corrected chi connectivity index (χ1v) is 10.0. The van der Waals surface area contributed by atoms with Crippen LogP contribution in [0.3, 0.4) is 0 Å². The van der Waals surface area contributed by atoms with Crippen LogP contribution in [0.2, 0.25) is 0 Å². The molecule has 0 bridgehead atoms. The van der Waals surface area contributed by atoms with Crippen LogP contribution in [-0.2, 0) is 0 Å². The molecule has 2 aromatic heterocycles. The molecular weight excluding hydrogens is 357 g/mol. The zero-order valence-corrected chi connectivity index (χ0v) is 15.7. The fourth-order valence-electron chi connectivity index (χ4n) is 3.81. The van der Waals surface area contributed by atoms with Crippen molar-refractivity contribution in [1.29, 1.82) is 0 Å². The summed E-state index contributed by atoms with van der Waals surface area (Å²) in [7, 11) is 0. The quantitative estimate of drug-likeness (QED) is 0.679. The third kappa shape index (κ3) is 3.67. The van der Waals surface area contributed by atoms with E-state index in [1.54, 1.807) is 10.6 Å². The van der Waals surface area contributed by atoms with Gasteiger partial charge in [0.2, 0.25) is 11.8 Å². The summed E-state index contributed by atoms with van der Waals surface area (Å²) >= 11 is 0. The van der Waals surface area contributed by atoms with E-state index in [0.29, 0.717) is 36.0 Å². The first-order chi connectivity index (χ1) is 13.8. The fourth-order valence-corrected chi connectivity index (χ4v) is 3.81. The summed E-state index contributed by atoms with van der Waals surface area (Å²) in [6.45, 7) is 2.71. The van der Waals surface area contributed by atoms with Gasteiger partial charge in [-0.15, -0.1) is 0 Å². The zero-order valence-electron chi connectivity index (χ0n) is 15.7. The monoisotopic (exact) mass is 381 g/mol. The number of nitrogens with zero attached hydrogens (tertiary/aromatic N) is 3. The van der Waals surface area contributed by atoms with E-state index in [9.17, 15) is 4.39 Å². The van der Waals surface area contributed by atoms with Gasteiger partial charge < -0.3 is 15.4 Å². The van der Waals surface area contributed by atoms with Gasteiger partial charge in [0.25, 0.3) is 0 Å². The van der Waals surface area contributed by atoms with E-state index < -0.39 is 0 Å². The summed E-state index contributed by atoms with van der Waals surface area (Å²) < 4.78 is 21.5. The minimum Gasteiger partial charge on any atom is -0.477 e. The maximum absolute atomic E-state index is 13.6. The molecule has 1 aliphatic heterocycles. The second-order valence-electron chi connectivity index (χ2n) is 7.75. The molecular formula is C21H24FN5O. The molecule has 1 aliphatic carbocycles. The van der Waals surface area contributed by atoms with Crippen molar-refractivity contribution in [1.82, 2.24) is 19.9 Å². The Kier molecular flexibility index (Phi) is 4.60. The largest absolute Gasteiger partial charge is 0.477 e. The lowest BCUT2D eigenvalue weighted by atomic mass is 10.0. The van der Waals surface area contributed by atoms with Crippen molar-refractivity contribution in [3.05, 3.63) is 47.9 Å². The van der Waals surface area contributed by atoms with E-state index in [0.717, 1.165) is 18.6 Å². The molecule has 0 spiro atoms. The Morgan fingerprint density at radius 3 is 2.96 bits per heavy atom. The number of halogens is 1. The number of nitrogens with one attached hydrogen (secondary N) is 2. The molecule has 2 N–H and O–H groups in total. The number of anilines is 2. The molecule has 1 atom stereocenters. The molecule has 6 nitrogen and oxygen atoms in total. The fraction of sp³-hybridized carbons (Fsp3) is 0.429. The van der Waals surface area contributed by atoms with Crippen molar-refractivity contribution in [2.24, 2.45) is 5.92 Å². The van der Waals surface area contributed by atoms with Gasteiger partial charge in [-0.05, 0) is 56.3 Å². The van der Waals surface area contributed by atoms with Crippen LogP contribution in [-0.4, -0.2) is 34.3 Å². The average molecular weight is 381 g/mol. The Hall–Kier alpha value is -2.67.